The van der Waals surface area contributed by atoms with Crippen LogP contribution >= 0.6 is 0 Å². The quantitative estimate of drug-likeness (QED) is 0.504. The molecule has 0 saturated heterocycles. The van der Waals surface area contributed by atoms with Crippen molar-refractivity contribution in [3.8, 4) is 0 Å². The highest BCUT2D eigenvalue weighted by Crippen LogP contribution is 2.31. The van der Waals surface area contributed by atoms with Gasteiger partial charge >= 0.3 is 0 Å². The zero-order valence-corrected chi connectivity index (χ0v) is 7.05. The van der Waals surface area contributed by atoms with Crippen LogP contribution < -0.4 is 0 Å². The Labute approximate surface area is 62.8 Å². The van der Waals surface area contributed by atoms with Crippen LogP contribution in [0.3, 0.4) is 0 Å². The number of rotatable bonds is 0. The molecule has 3 unspecified atom stereocenters. The van der Waals surface area contributed by atoms with Crippen LogP contribution in [0.1, 0.15) is 33.6 Å². The van der Waals surface area contributed by atoms with Gasteiger partial charge in [-0.15, -0.1) is 0 Å². The van der Waals surface area contributed by atoms with Crippen LogP contribution in [0.2, 0.25) is 0 Å². The zero-order valence-electron chi connectivity index (χ0n) is 7.05. The Balaban J connectivity index is 2.60. The van der Waals surface area contributed by atoms with Crippen molar-refractivity contribution in [2.45, 2.75) is 33.6 Å². The van der Waals surface area contributed by atoms with Gasteiger partial charge in [0.15, 0.2) is 0 Å². The predicted molar refractivity (Wildman–Crippen MR) is 41.7 cm³/mol. The van der Waals surface area contributed by atoms with Crippen LogP contribution in [-0.2, 0) is 4.79 Å². The van der Waals surface area contributed by atoms with E-state index in [1.807, 2.05) is 0 Å². The maximum absolute atomic E-state index is 11.2. The van der Waals surface area contributed by atoms with Gasteiger partial charge in [0.1, 0.15) is 5.78 Å². The van der Waals surface area contributed by atoms with Crippen molar-refractivity contribution in [3.05, 3.63) is 0 Å². The molecule has 0 amide bonds. The van der Waals surface area contributed by atoms with Crippen LogP contribution in [0.4, 0.5) is 0 Å². The lowest BCUT2D eigenvalue weighted by molar-refractivity contribution is -0.127. The number of hydrogen-bond donors (Lipinski definition) is 0. The molecule has 1 fully saturated rings. The molecule has 0 heterocycles. The highest BCUT2D eigenvalue weighted by molar-refractivity contribution is 5.81. The molecule has 0 aromatic rings. The normalized spacial score (nSPS) is 41.9. The van der Waals surface area contributed by atoms with E-state index in [1.54, 1.807) is 0 Å². The van der Waals surface area contributed by atoms with E-state index < -0.39 is 0 Å². The third-order valence-electron chi connectivity index (χ3n) is 3.04. The molecule has 1 aliphatic rings. The van der Waals surface area contributed by atoms with E-state index in [4.69, 9.17) is 0 Å². The van der Waals surface area contributed by atoms with Crippen LogP contribution in [0.25, 0.3) is 0 Å². The second-order valence-electron chi connectivity index (χ2n) is 3.63. The van der Waals surface area contributed by atoms with Gasteiger partial charge in [-0.2, -0.15) is 0 Å². The van der Waals surface area contributed by atoms with Crippen LogP contribution in [0.15, 0.2) is 0 Å². The molecule has 1 heteroatoms. The summed E-state index contributed by atoms with van der Waals surface area (Å²) in [4.78, 5) is 11.2. The van der Waals surface area contributed by atoms with Gasteiger partial charge in [0.2, 0.25) is 0 Å². The smallest absolute Gasteiger partial charge is 0.135 e. The van der Waals surface area contributed by atoms with Crippen LogP contribution in [0.5, 0.6) is 0 Å². The lowest BCUT2D eigenvalue weighted by Gasteiger charge is -2.30. The first-order valence-electron chi connectivity index (χ1n) is 4.15. The van der Waals surface area contributed by atoms with Gasteiger partial charge < -0.3 is 0 Å². The fraction of sp³-hybridized carbons (Fsp3) is 0.889. The van der Waals surface area contributed by atoms with Crippen LogP contribution in [-0.4, -0.2) is 5.78 Å². The lowest BCUT2D eigenvalue weighted by atomic mass is 9.74. The van der Waals surface area contributed by atoms with E-state index in [1.165, 1.54) is 0 Å². The molecule has 0 aliphatic heterocycles. The van der Waals surface area contributed by atoms with Gasteiger partial charge in [0.05, 0.1) is 0 Å². The van der Waals surface area contributed by atoms with E-state index in [0.717, 1.165) is 18.8 Å². The van der Waals surface area contributed by atoms with Gasteiger partial charge in [-0.3, -0.25) is 4.79 Å². The van der Waals surface area contributed by atoms with Crippen molar-refractivity contribution in [3.63, 3.8) is 0 Å². The van der Waals surface area contributed by atoms with Crippen molar-refractivity contribution < 1.29 is 4.79 Å². The topological polar surface area (TPSA) is 17.1 Å². The Morgan fingerprint density at radius 3 is 2.40 bits per heavy atom. The van der Waals surface area contributed by atoms with Crippen molar-refractivity contribution in [2.75, 3.05) is 0 Å². The van der Waals surface area contributed by atoms with Gasteiger partial charge in [-0.05, 0) is 18.3 Å². The number of carbonyl (C=O) groups is 1. The highest BCUT2D eigenvalue weighted by atomic mass is 16.1. The molecule has 0 N–H and O–H groups in total. The number of ketones is 1. The molecule has 0 spiro atoms. The van der Waals surface area contributed by atoms with Gasteiger partial charge in [0, 0.05) is 12.3 Å². The summed E-state index contributed by atoms with van der Waals surface area (Å²) in [6, 6.07) is 0. The second-order valence-corrected chi connectivity index (χ2v) is 3.63. The average Bonchev–Trinajstić information content (AvgIpc) is 1.93. The monoisotopic (exact) mass is 140 g/mol. The second kappa shape index (κ2) is 2.73. The van der Waals surface area contributed by atoms with Gasteiger partial charge in [0.25, 0.3) is 0 Å². The maximum atomic E-state index is 11.2. The molecule has 3 atom stereocenters. The summed E-state index contributed by atoms with van der Waals surface area (Å²) >= 11 is 0. The van der Waals surface area contributed by atoms with E-state index >= 15 is 0 Å². The summed E-state index contributed by atoms with van der Waals surface area (Å²) in [5, 5.41) is 0. The molecule has 0 aromatic carbocycles. The molecule has 10 heavy (non-hydrogen) atoms. The molecule has 0 radical (unpaired) electrons. The molecule has 1 aliphatic carbocycles. The Morgan fingerprint density at radius 2 is 1.90 bits per heavy atom. The zero-order chi connectivity index (χ0) is 7.72. The van der Waals surface area contributed by atoms with Crippen molar-refractivity contribution >= 4 is 5.78 Å². The molecule has 58 valence electrons. The Morgan fingerprint density at radius 1 is 1.30 bits per heavy atom. The minimum absolute atomic E-state index is 0.309. The highest BCUT2D eigenvalue weighted by Gasteiger charge is 2.29. The lowest BCUT2D eigenvalue weighted by Crippen LogP contribution is -2.29. The fourth-order valence-electron chi connectivity index (χ4n) is 1.65. The first-order valence-corrected chi connectivity index (χ1v) is 4.15. The number of hydrogen-bond acceptors (Lipinski definition) is 1. The molecule has 1 rings (SSSR count). The largest absolute Gasteiger partial charge is 0.299 e. The minimum Gasteiger partial charge on any atom is -0.299 e. The van der Waals surface area contributed by atoms with E-state index in [-0.39, 0.29) is 0 Å². The standard InChI is InChI=1S/C9H16O/c1-6-4-5-9(10)8(3)7(6)2/h6-8H,4-5H2,1-3H3. The maximum Gasteiger partial charge on any atom is 0.135 e. The third-order valence-corrected chi connectivity index (χ3v) is 3.04. The molecule has 0 aromatic heterocycles. The van der Waals surface area contributed by atoms with Gasteiger partial charge in [-0.1, -0.05) is 20.8 Å². The first kappa shape index (κ1) is 7.77. The Bertz CT molecular complexity index is 140. The van der Waals surface area contributed by atoms with Gasteiger partial charge in [-0.25, -0.2) is 0 Å². The van der Waals surface area contributed by atoms with E-state index in [9.17, 15) is 4.79 Å². The van der Waals surface area contributed by atoms with Crippen LogP contribution in [0, 0.1) is 17.8 Å². The summed E-state index contributed by atoms with van der Waals surface area (Å²) in [7, 11) is 0. The molecular weight excluding hydrogens is 124 g/mol. The summed E-state index contributed by atoms with van der Waals surface area (Å²) in [5.41, 5.74) is 0. The average molecular weight is 140 g/mol. The summed E-state index contributed by atoms with van der Waals surface area (Å²) in [5.74, 6) is 2.11. The van der Waals surface area contributed by atoms with Crippen molar-refractivity contribution in [1.29, 1.82) is 0 Å². The molecule has 1 nitrogen and oxygen atoms in total. The SMILES string of the molecule is CC1CCC(=O)C(C)C1C. The van der Waals surface area contributed by atoms with E-state index in [0.29, 0.717) is 17.6 Å². The number of carbonyl (C=O) groups excluding carboxylic acids is 1. The Kier molecular flexibility index (Phi) is 2.12. The molecule has 0 bridgehead atoms. The van der Waals surface area contributed by atoms with E-state index in [2.05, 4.69) is 20.8 Å². The third kappa shape index (κ3) is 1.23. The molecular formula is C9H16O. The minimum atomic E-state index is 0.309. The fourth-order valence-corrected chi connectivity index (χ4v) is 1.65. The molecule has 1 saturated carbocycles. The van der Waals surface area contributed by atoms with Crippen molar-refractivity contribution in [1.82, 2.24) is 0 Å². The summed E-state index contributed by atoms with van der Waals surface area (Å²) in [6.07, 6.45) is 1.91. The predicted octanol–water partition coefficient (Wildman–Crippen LogP) is 2.26. The van der Waals surface area contributed by atoms with Crippen molar-refractivity contribution in [2.24, 2.45) is 17.8 Å². The summed E-state index contributed by atoms with van der Waals surface area (Å²) in [6.45, 7) is 6.49. The Hall–Kier alpha value is -0.330. The summed E-state index contributed by atoms with van der Waals surface area (Å²) < 4.78 is 0. The number of Topliss-reactive ketones (excluding diaryl/α,β-unsaturated/α-hetero) is 1. The first-order chi connectivity index (χ1) is 4.63.